The van der Waals surface area contributed by atoms with Gasteiger partial charge in [0.15, 0.2) is 5.54 Å². The van der Waals surface area contributed by atoms with Gasteiger partial charge in [-0.15, -0.1) is 0 Å². The zero-order valence-electron chi connectivity index (χ0n) is 14.3. The monoisotopic (exact) mass is 481 g/mol. The van der Waals surface area contributed by atoms with Gasteiger partial charge in [0.2, 0.25) is 0 Å². The lowest BCUT2D eigenvalue weighted by Gasteiger charge is -2.37. The fraction of sp³-hybridized carbons (Fsp3) is 0.250. The second-order valence-electron chi connectivity index (χ2n) is 6.45. The summed E-state index contributed by atoms with van der Waals surface area (Å²) in [6.07, 6.45) is -2.10. The van der Waals surface area contributed by atoms with Crippen molar-refractivity contribution in [1.29, 1.82) is 0 Å². The first-order chi connectivity index (χ1) is 12.9. The van der Waals surface area contributed by atoms with Crippen LogP contribution in [0.4, 0.5) is 4.39 Å². The zero-order chi connectivity index (χ0) is 19.6. The molecule has 1 aliphatic rings. The number of imide groups is 1. The van der Waals surface area contributed by atoms with Crippen molar-refractivity contribution in [3.05, 3.63) is 71.3 Å². The van der Waals surface area contributed by atoms with E-state index < -0.39 is 35.9 Å². The van der Waals surface area contributed by atoms with Crippen molar-refractivity contribution in [1.82, 2.24) is 4.90 Å². The number of amides is 2. The van der Waals surface area contributed by atoms with E-state index in [1.165, 1.54) is 12.1 Å². The third-order valence-electron chi connectivity index (χ3n) is 4.69. The smallest absolute Gasteiger partial charge is 0.330 e. The number of alkyl halides is 2. The van der Waals surface area contributed by atoms with Gasteiger partial charge < -0.3 is 5.11 Å². The minimum atomic E-state index is -2.00. The Hall–Kier alpha value is -2.29. The maximum atomic E-state index is 14.4. The Bertz CT molecular complexity index is 854. The summed E-state index contributed by atoms with van der Waals surface area (Å²) in [4.78, 5) is 39.0. The largest absolute Gasteiger partial charge is 0.479 e. The van der Waals surface area contributed by atoms with Gasteiger partial charge in [0.25, 0.3) is 11.8 Å². The molecule has 0 saturated heterocycles. The van der Waals surface area contributed by atoms with Crippen LogP contribution in [0.2, 0.25) is 0 Å². The molecule has 140 valence electrons. The molecule has 0 bridgehead atoms. The van der Waals surface area contributed by atoms with Crippen LogP contribution >= 0.6 is 22.6 Å². The number of aliphatic carboxylic acids is 1. The molecule has 7 heteroatoms. The molecule has 0 saturated carbocycles. The molecule has 2 atom stereocenters. The highest BCUT2D eigenvalue weighted by molar-refractivity contribution is 14.1. The summed E-state index contributed by atoms with van der Waals surface area (Å²) >= 11 is 1.83. The van der Waals surface area contributed by atoms with E-state index in [1.54, 1.807) is 42.5 Å². The van der Waals surface area contributed by atoms with Crippen LogP contribution in [-0.4, -0.2) is 43.9 Å². The molecule has 0 fully saturated rings. The third-order valence-corrected chi connectivity index (χ3v) is 5.64. The number of carboxylic acid groups (broad SMARTS) is 1. The second kappa shape index (κ2) is 7.75. The molecule has 27 heavy (non-hydrogen) atoms. The predicted octanol–water partition coefficient (Wildman–Crippen LogP) is 3.51. The fourth-order valence-electron chi connectivity index (χ4n) is 3.43. The van der Waals surface area contributed by atoms with Crippen molar-refractivity contribution in [2.45, 2.75) is 24.6 Å². The van der Waals surface area contributed by atoms with Crippen LogP contribution in [0.1, 0.15) is 32.7 Å². The van der Waals surface area contributed by atoms with Gasteiger partial charge in [0.1, 0.15) is 6.17 Å². The lowest BCUT2D eigenvalue weighted by Crippen LogP contribution is -2.60. The Balaban J connectivity index is 2.13. The summed E-state index contributed by atoms with van der Waals surface area (Å²) in [6.45, 7) is 0. The first-order valence-electron chi connectivity index (χ1n) is 8.36. The van der Waals surface area contributed by atoms with E-state index in [-0.39, 0.29) is 22.0 Å². The summed E-state index contributed by atoms with van der Waals surface area (Å²) in [5, 5.41) is 10.1. The first-order valence-corrected chi connectivity index (χ1v) is 9.88. The normalized spacial score (nSPS) is 16.7. The summed E-state index contributed by atoms with van der Waals surface area (Å²) < 4.78 is 14.5. The lowest BCUT2D eigenvalue weighted by molar-refractivity contribution is -0.149. The van der Waals surface area contributed by atoms with Crippen LogP contribution in [0.25, 0.3) is 0 Å². The van der Waals surface area contributed by atoms with E-state index in [2.05, 4.69) is 0 Å². The molecular formula is C20H17FINO4. The highest BCUT2D eigenvalue weighted by Crippen LogP contribution is 2.36. The highest BCUT2D eigenvalue weighted by atomic mass is 127. The fourth-order valence-corrected chi connectivity index (χ4v) is 3.74. The van der Waals surface area contributed by atoms with E-state index in [0.29, 0.717) is 5.56 Å². The number of rotatable bonds is 7. The van der Waals surface area contributed by atoms with Gasteiger partial charge in [-0.3, -0.25) is 14.5 Å². The van der Waals surface area contributed by atoms with Crippen molar-refractivity contribution in [3.8, 4) is 0 Å². The Morgan fingerprint density at radius 2 is 1.56 bits per heavy atom. The number of hydrogen-bond donors (Lipinski definition) is 1. The molecule has 2 aromatic rings. The number of halogens is 2. The molecule has 1 heterocycles. The molecule has 0 aromatic heterocycles. The minimum Gasteiger partial charge on any atom is -0.479 e. The molecule has 3 rings (SSSR count). The summed E-state index contributed by atoms with van der Waals surface area (Å²) in [5.74, 6) is -2.79. The van der Waals surface area contributed by atoms with Crippen LogP contribution in [0.3, 0.4) is 0 Å². The minimum absolute atomic E-state index is 0.0603. The van der Waals surface area contributed by atoms with Crippen molar-refractivity contribution >= 4 is 40.4 Å². The number of nitrogens with zero attached hydrogens (tertiary/aromatic N) is 1. The number of fused-ring (bicyclic) bond motifs is 1. The second-order valence-corrected chi connectivity index (χ2v) is 7.33. The van der Waals surface area contributed by atoms with E-state index in [1.807, 2.05) is 22.6 Å². The molecule has 2 amide bonds. The van der Waals surface area contributed by atoms with Gasteiger partial charge in [-0.2, -0.15) is 0 Å². The highest BCUT2D eigenvalue weighted by Gasteiger charge is 2.54. The Kier molecular flexibility index (Phi) is 5.59. The van der Waals surface area contributed by atoms with Gasteiger partial charge in [-0.1, -0.05) is 65.1 Å². The first kappa shape index (κ1) is 19.5. The van der Waals surface area contributed by atoms with E-state index in [0.717, 1.165) is 4.90 Å². The summed E-state index contributed by atoms with van der Waals surface area (Å²) in [6, 6.07) is 14.8. The molecule has 0 radical (unpaired) electrons. The van der Waals surface area contributed by atoms with Crippen molar-refractivity contribution in [3.63, 3.8) is 0 Å². The molecule has 1 aliphatic heterocycles. The molecular weight excluding hydrogens is 464 g/mol. The van der Waals surface area contributed by atoms with Crippen LogP contribution in [0.5, 0.6) is 0 Å². The Labute approximate surface area is 169 Å². The molecule has 1 unspecified atom stereocenters. The maximum Gasteiger partial charge on any atom is 0.330 e. The third kappa shape index (κ3) is 3.47. The molecule has 1 N–H and O–H groups in total. The Morgan fingerprint density at radius 3 is 2.04 bits per heavy atom. The van der Waals surface area contributed by atoms with E-state index >= 15 is 0 Å². The number of benzene rings is 2. The SMILES string of the molecule is O=C1c2ccccc2C(=O)N1[C@@](Cc1ccccc1)(CC(F)CI)C(=O)O. The van der Waals surface area contributed by atoms with Crippen molar-refractivity contribution in [2.24, 2.45) is 0 Å². The zero-order valence-corrected chi connectivity index (χ0v) is 16.4. The van der Waals surface area contributed by atoms with Crippen LogP contribution in [0, 0.1) is 0 Å². The van der Waals surface area contributed by atoms with E-state index in [4.69, 9.17) is 0 Å². The average molecular weight is 481 g/mol. The number of carbonyl (C=O) groups excluding carboxylic acids is 2. The van der Waals surface area contributed by atoms with Gasteiger partial charge >= 0.3 is 5.97 Å². The maximum absolute atomic E-state index is 14.4. The number of carboxylic acids is 1. The van der Waals surface area contributed by atoms with Crippen LogP contribution < -0.4 is 0 Å². The molecule has 0 aliphatic carbocycles. The van der Waals surface area contributed by atoms with Gasteiger partial charge in [-0.25, -0.2) is 9.18 Å². The van der Waals surface area contributed by atoms with Gasteiger partial charge in [0.05, 0.1) is 11.1 Å². The van der Waals surface area contributed by atoms with Crippen molar-refractivity contribution < 1.29 is 23.9 Å². The van der Waals surface area contributed by atoms with Crippen molar-refractivity contribution in [2.75, 3.05) is 4.43 Å². The molecule has 0 spiro atoms. The quantitative estimate of drug-likeness (QED) is 0.373. The standard InChI is InChI=1S/C20H17FINO4/c21-14(12-22)11-20(19(26)27,10-13-6-2-1-3-7-13)23-17(24)15-8-4-5-9-16(15)18(23)25/h1-9,14H,10-12H2,(H,26,27)/t14?,20-/m0/s1. The van der Waals surface area contributed by atoms with Gasteiger partial charge in [0, 0.05) is 17.3 Å². The average Bonchev–Trinajstić information content (AvgIpc) is 2.93. The number of carbonyl (C=O) groups is 3. The topological polar surface area (TPSA) is 74.7 Å². The van der Waals surface area contributed by atoms with Crippen LogP contribution in [0.15, 0.2) is 54.6 Å². The lowest BCUT2D eigenvalue weighted by atomic mass is 9.84. The van der Waals surface area contributed by atoms with E-state index in [9.17, 15) is 23.9 Å². The summed E-state index contributed by atoms with van der Waals surface area (Å²) in [7, 11) is 0. The summed E-state index contributed by atoms with van der Waals surface area (Å²) in [5.41, 5.74) is -1.10. The predicted molar refractivity (Wildman–Crippen MR) is 106 cm³/mol. The number of hydrogen-bond acceptors (Lipinski definition) is 3. The van der Waals surface area contributed by atoms with Gasteiger partial charge in [-0.05, 0) is 17.7 Å². The van der Waals surface area contributed by atoms with Crippen LogP contribution in [-0.2, 0) is 11.2 Å². The Morgan fingerprint density at radius 1 is 1.04 bits per heavy atom. The molecule has 5 nitrogen and oxygen atoms in total. The molecule has 2 aromatic carbocycles.